The number of nitrogens with one attached hydrogen (secondary N) is 2. The average Bonchev–Trinajstić information content (AvgIpc) is 3.39. The van der Waals surface area contributed by atoms with E-state index >= 15 is 0 Å². The quantitative estimate of drug-likeness (QED) is 0.333. The fourth-order valence-electron chi connectivity index (χ4n) is 4.47. The molecule has 1 unspecified atom stereocenters. The van der Waals surface area contributed by atoms with E-state index in [4.69, 9.17) is 21.1 Å². The second-order valence-corrected chi connectivity index (χ2v) is 8.68. The molecule has 1 aromatic carbocycles. The molecule has 0 radical (unpaired) electrons. The topological polar surface area (TPSA) is 75.2 Å². The molecule has 7 nitrogen and oxygen atoms in total. The summed E-state index contributed by atoms with van der Waals surface area (Å²) in [5, 5.41) is 7.36. The summed E-state index contributed by atoms with van der Waals surface area (Å²) in [6.45, 7) is 3.37. The lowest BCUT2D eigenvalue weighted by Crippen LogP contribution is -2.45. The summed E-state index contributed by atoms with van der Waals surface area (Å²) < 4.78 is 11.5. The van der Waals surface area contributed by atoms with Crippen LogP contribution >= 0.6 is 35.6 Å². The molecule has 31 heavy (non-hydrogen) atoms. The van der Waals surface area contributed by atoms with Gasteiger partial charge < -0.3 is 25.0 Å². The number of aliphatic imine (C=N–C) groups is 1. The number of likely N-dealkylation sites (tertiary alicyclic amines) is 1. The summed E-state index contributed by atoms with van der Waals surface area (Å²) in [6, 6.07) is 4.08. The maximum Gasteiger partial charge on any atom is 0.225 e. The minimum absolute atomic E-state index is 0. The number of amides is 1. The van der Waals surface area contributed by atoms with E-state index in [2.05, 4.69) is 15.6 Å². The van der Waals surface area contributed by atoms with Gasteiger partial charge in [0.1, 0.15) is 0 Å². The second-order valence-electron chi connectivity index (χ2n) is 8.28. The number of carbonyl (C=O) groups is 1. The highest BCUT2D eigenvalue weighted by Gasteiger charge is 2.32. The standard InChI is InChI=1S/C22H31ClN4O3.HI/c1-24-22(26-17-7-8-27(14-17)21(28)16-5-2-3-6-16)25-13-15-11-18(23)20-19(12-15)29-9-4-10-30-20;/h11-12,16-17H,2-10,13-14H2,1H3,(H2,24,25,26);1H. The van der Waals surface area contributed by atoms with Gasteiger partial charge in [0, 0.05) is 45.1 Å². The molecule has 0 aromatic heterocycles. The van der Waals surface area contributed by atoms with Crippen molar-refractivity contribution in [3.05, 3.63) is 22.7 Å². The Labute approximate surface area is 206 Å². The van der Waals surface area contributed by atoms with E-state index in [1.807, 2.05) is 17.0 Å². The third-order valence-electron chi connectivity index (χ3n) is 6.09. The molecule has 1 aliphatic carbocycles. The van der Waals surface area contributed by atoms with E-state index in [0.717, 1.165) is 50.3 Å². The van der Waals surface area contributed by atoms with E-state index in [1.165, 1.54) is 12.8 Å². The van der Waals surface area contributed by atoms with Gasteiger partial charge in [-0.1, -0.05) is 24.4 Å². The molecule has 2 fully saturated rings. The van der Waals surface area contributed by atoms with Crippen LogP contribution in [0.25, 0.3) is 0 Å². The van der Waals surface area contributed by atoms with Crippen LogP contribution in [0.2, 0.25) is 5.02 Å². The van der Waals surface area contributed by atoms with Crippen LogP contribution in [0.15, 0.2) is 17.1 Å². The lowest BCUT2D eigenvalue weighted by Gasteiger charge is -2.21. The van der Waals surface area contributed by atoms with E-state index in [1.54, 1.807) is 7.05 Å². The lowest BCUT2D eigenvalue weighted by molar-refractivity contribution is -0.134. The Morgan fingerprint density at radius 1 is 1.19 bits per heavy atom. The molecule has 2 heterocycles. The van der Waals surface area contributed by atoms with Gasteiger partial charge in [0.05, 0.1) is 18.2 Å². The van der Waals surface area contributed by atoms with Crippen molar-refractivity contribution in [3.63, 3.8) is 0 Å². The number of hydrogen-bond acceptors (Lipinski definition) is 4. The zero-order chi connectivity index (χ0) is 20.9. The largest absolute Gasteiger partial charge is 0.489 e. The van der Waals surface area contributed by atoms with Crippen LogP contribution in [0.4, 0.5) is 0 Å². The number of ether oxygens (including phenoxy) is 2. The van der Waals surface area contributed by atoms with Gasteiger partial charge >= 0.3 is 0 Å². The first-order chi connectivity index (χ1) is 14.6. The Balaban J connectivity index is 0.00000272. The average molecular weight is 563 g/mol. The molecule has 0 spiro atoms. The van der Waals surface area contributed by atoms with E-state index in [9.17, 15) is 4.79 Å². The minimum Gasteiger partial charge on any atom is -0.489 e. The molecule has 1 atom stereocenters. The third kappa shape index (κ3) is 6.09. The van der Waals surface area contributed by atoms with Crippen LogP contribution in [0, 0.1) is 5.92 Å². The molecule has 1 saturated heterocycles. The maximum atomic E-state index is 12.7. The number of fused-ring (bicyclic) bond motifs is 1. The van der Waals surface area contributed by atoms with E-state index < -0.39 is 0 Å². The van der Waals surface area contributed by atoms with Gasteiger partial charge in [-0.3, -0.25) is 9.79 Å². The SMILES string of the molecule is CN=C(NCc1cc(Cl)c2c(c1)OCCCO2)NC1CCN(C(=O)C2CCCC2)C1.I. The van der Waals surface area contributed by atoms with Crippen LogP contribution in [0.3, 0.4) is 0 Å². The minimum atomic E-state index is 0. The molecular formula is C22H32ClIN4O3. The molecule has 9 heteroatoms. The summed E-state index contributed by atoms with van der Waals surface area (Å²) >= 11 is 6.39. The normalized spacial score (nSPS) is 21.4. The van der Waals surface area contributed by atoms with Crippen molar-refractivity contribution in [1.29, 1.82) is 0 Å². The Morgan fingerprint density at radius 3 is 2.74 bits per heavy atom. The first kappa shape index (κ1) is 24.2. The van der Waals surface area contributed by atoms with Crippen molar-refractivity contribution < 1.29 is 14.3 Å². The molecule has 2 aliphatic heterocycles. The van der Waals surface area contributed by atoms with Crippen LogP contribution in [-0.2, 0) is 11.3 Å². The smallest absolute Gasteiger partial charge is 0.225 e. The zero-order valence-electron chi connectivity index (χ0n) is 18.0. The van der Waals surface area contributed by atoms with Crippen LogP contribution in [0.5, 0.6) is 11.5 Å². The summed E-state index contributed by atoms with van der Waals surface area (Å²) in [5.41, 5.74) is 0.997. The summed E-state index contributed by atoms with van der Waals surface area (Å²) in [5.74, 6) is 2.61. The highest BCUT2D eigenvalue weighted by Crippen LogP contribution is 2.38. The predicted molar refractivity (Wildman–Crippen MR) is 133 cm³/mol. The number of halogens is 2. The Hall–Kier alpha value is -1.42. The second kappa shape index (κ2) is 11.4. The third-order valence-corrected chi connectivity index (χ3v) is 6.37. The molecule has 0 bridgehead atoms. The highest BCUT2D eigenvalue weighted by molar-refractivity contribution is 14.0. The fourth-order valence-corrected chi connectivity index (χ4v) is 4.76. The summed E-state index contributed by atoms with van der Waals surface area (Å²) in [6.07, 6.45) is 6.26. The Morgan fingerprint density at radius 2 is 1.97 bits per heavy atom. The van der Waals surface area contributed by atoms with Crippen molar-refractivity contribution in [1.82, 2.24) is 15.5 Å². The van der Waals surface area contributed by atoms with Crippen LogP contribution < -0.4 is 20.1 Å². The number of carbonyl (C=O) groups excluding carboxylic acids is 1. The van der Waals surface area contributed by atoms with Gasteiger partial charge in [-0.25, -0.2) is 0 Å². The number of hydrogen-bond donors (Lipinski definition) is 2. The van der Waals surface area contributed by atoms with Gasteiger partial charge in [0.25, 0.3) is 0 Å². The summed E-state index contributed by atoms with van der Waals surface area (Å²) in [4.78, 5) is 19.0. The van der Waals surface area contributed by atoms with Crippen molar-refractivity contribution in [3.8, 4) is 11.5 Å². The number of rotatable bonds is 4. The van der Waals surface area contributed by atoms with E-state index in [-0.39, 0.29) is 35.9 Å². The van der Waals surface area contributed by atoms with Gasteiger partial charge in [-0.2, -0.15) is 0 Å². The molecule has 1 aromatic rings. The van der Waals surface area contributed by atoms with E-state index in [0.29, 0.717) is 42.2 Å². The maximum absolute atomic E-state index is 12.7. The summed E-state index contributed by atoms with van der Waals surface area (Å²) in [7, 11) is 1.76. The monoisotopic (exact) mass is 562 g/mol. The Bertz CT molecular complexity index is 801. The Kier molecular flexibility index (Phi) is 8.95. The highest BCUT2D eigenvalue weighted by atomic mass is 127. The van der Waals surface area contributed by atoms with Gasteiger partial charge in [-0.15, -0.1) is 24.0 Å². The van der Waals surface area contributed by atoms with Gasteiger partial charge in [0.15, 0.2) is 17.5 Å². The van der Waals surface area contributed by atoms with Crippen molar-refractivity contribution in [2.45, 2.75) is 51.1 Å². The first-order valence-electron chi connectivity index (χ1n) is 11.0. The first-order valence-corrected chi connectivity index (χ1v) is 11.4. The van der Waals surface area contributed by atoms with Crippen molar-refractivity contribution in [2.24, 2.45) is 10.9 Å². The lowest BCUT2D eigenvalue weighted by atomic mass is 10.1. The molecule has 1 amide bonds. The predicted octanol–water partition coefficient (Wildman–Crippen LogP) is 3.58. The van der Waals surface area contributed by atoms with Gasteiger partial charge in [0.2, 0.25) is 5.91 Å². The zero-order valence-corrected chi connectivity index (χ0v) is 21.1. The molecular weight excluding hydrogens is 531 g/mol. The van der Waals surface area contributed by atoms with Crippen molar-refractivity contribution in [2.75, 3.05) is 33.4 Å². The van der Waals surface area contributed by atoms with Crippen LogP contribution in [0.1, 0.15) is 44.1 Å². The molecule has 4 rings (SSSR count). The number of guanidine groups is 1. The molecule has 2 N–H and O–H groups in total. The number of nitrogens with zero attached hydrogens (tertiary/aromatic N) is 2. The fraction of sp³-hybridized carbons (Fsp3) is 0.636. The molecule has 1 saturated carbocycles. The number of benzene rings is 1. The van der Waals surface area contributed by atoms with Gasteiger partial charge in [-0.05, 0) is 37.0 Å². The van der Waals surface area contributed by atoms with Crippen molar-refractivity contribution >= 4 is 47.4 Å². The van der Waals surface area contributed by atoms with Crippen LogP contribution in [-0.4, -0.2) is 56.2 Å². The molecule has 3 aliphatic rings. The molecule has 172 valence electrons.